The fourth-order valence-corrected chi connectivity index (χ4v) is 3.22. The van der Waals surface area contributed by atoms with E-state index >= 15 is 0 Å². The molecule has 132 valence electrons. The van der Waals surface area contributed by atoms with Gasteiger partial charge in [-0.15, -0.1) is 0 Å². The van der Waals surface area contributed by atoms with Gasteiger partial charge in [0.1, 0.15) is 17.3 Å². The predicted molar refractivity (Wildman–Crippen MR) is 95.5 cm³/mol. The number of ether oxygens (including phenoxy) is 1. The highest BCUT2D eigenvalue weighted by molar-refractivity contribution is 5.52. The molecule has 1 atom stereocenters. The molecule has 0 aliphatic carbocycles. The van der Waals surface area contributed by atoms with Crippen LogP contribution < -0.4 is 9.64 Å². The standard InChI is InChI=1S/C19H18FN5O/c1-12-14-11-22-19(16-5-3-4-7-21-16)23-15(14)6-8-25(12)18-10-13(26-2)9-17(20)24-18/h3-5,7,9-12H,6,8H2,1-2H3. The van der Waals surface area contributed by atoms with Crippen molar-refractivity contribution in [2.45, 2.75) is 19.4 Å². The molecule has 4 rings (SSSR count). The van der Waals surface area contributed by atoms with E-state index in [-0.39, 0.29) is 6.04 Å². The second kappa shape index (κ2) is 6.67. The molecule has 1 aliphatic rings. The molecule has 26 heavy (non-hydrogen) atoms. The zero-order chi connectivity index (χ0) is 18.1. The van der Waals surface area contributed by atoms with Crippen LogP contribution in [0.2, 0.25) is 0 Å². The smallest absolute Gasteiger partial charge is 0.218 e. The highest BCUT2D eigenvalue weighted by atomic mass is 19.1. The molecular weight excluding hydrogens is 333 g/mol. The van der Waals surface area contributed by atoms with E-state index in [0.29, 0.717) is 23.9 Å². The lowest BCUT2D eigenvalue weighted by atomic mass is 9.99. The number of hydrogen-bond acceptors (Lipinski definition) is 6. The number of rotatable bonds is 3. The number of hydrogen-bond donors (Lipinski definition) is 0. The summed E-state index contributed by atoms with van der Waals surface area (Å²) >= 11 is 0. The molecule has 1 aliphatic heterocycles. The van der Waals surface area contributed by atoms with E-state index in [4.69, 9.17) is 9.72 Å². The number of aromatic nitrogens is 4. The molecular formula is C19H18FN5O. The molecule has 3 aromatic heterocycles. The average molecular weight is 351 g/mol. The van der Waals surface area contributed by atoms with E-state index in [1.54, 1.807) is 12.3 Å². The Morgan fingerprint density at radius 2 is 2.08 bits per heavy atom. The number of fused-ring (bicyclic) bond motifs is 1. The van der Waals surface area contributed by atoms with Crippen molar-refractivity contribution in [2.75, 3.05) is 18.6 Å². The molecule has 0 saturated heterocycles. The Kier molecular flexibility index (Phi) is 4.20. The summed E-state index contributed by atoms with van der Waals surface area (Å²) in [4.78, 5) is 19.5. The third-order valence-electron chi connectivity index (χ3n) is 4.59. The zero-order valence-electron chi connectivity index (χ0n) is 14.6. The maximum Gasteiger partial charge on any atom is 0.218 e. The summed E-state index contributed by atoms with van der Waals surface area (Å²) in [6, 6.07) is 8.67. The lowest BCUT2D eigenvalue weighted by Crippen LogP contribution is -2.35. The normalized spacial score (nSPS) is 16.3. The maximum atomic E-state index is 13.8. The second-order valence-corrected chi connectivity index (χ2v) is 6.12. The Bertz CT molecular complexity index is 934. The van der Waals surface area contributed by atoms with E-state index in [0.717, 1.165) is 23.4 Å². The van der Waals surface area contributed by atoms with Crippen molar-refractivity contribution < 1.29 is 9.13 Å². The molecule has 4 heterocycles. The first-order chi connectivity index (χ1) is 12.7. The molecule has 0 bridgehead atoms. The predicted octanol–water partition coefficient (Wildman–Crippen LogP) is 3.21. The summed E-state index contributed by atoms with van der Waals surface area (Å²) in [6.07, 6.45) is 4.29. The van der Waals surface area contributed by atoms with Gasteiger partial charge in [0.2, 0.25) is 5.95 Å². The van der Waals surface area contributed by atoms with Crippen LogP contribution in [-0.4, -0.2) is 33.6 Å². The van der Waals surface area contributed by atoms with E-state index in [1.165, 1.54) is 13.2 Å². The van der Waals surface area contributed by atoms with Crippen molar-refractivity contribution in [3.63, 3.8) is 0 Å². The van der Waals surface area contributed by atoms with E-state index in [1.807, 2.05) is 36.2 Å². The van der Waals surface area contributed by atoms with Crippen molar-refractivity contribution in [2.24, 2.45) is 0 Å². The summed E-state index contributed by atoms with van der Waals surface area (Å²) in [5, 5.41) is 0. The van der Waals surface area contributed by atoms with Crippen LogP contribution in [0.5, 0.6) is 5.75 Å². The highest BCUT2D eigenvalue weighted by Gasteiger charge is 2.27. The lowest BCUT2D eigenvalue weighted by molar-refractivity contribution is 0.408. The summed E-state index contributed by atoms with van der Waals surface area (Å²) in [6.45, 7) is 2.73. The number of anilines is 1. The lowest BCUT2D eigenvalue weighted by Gasteiger charge is -2.35. The molecule has 0 spiro atoms. The van der Waals surface area contributed by atoms with Gasteiger partial charge in [-0.1, -0.05) is 6.07 Å². The van der Waals surface area contributed by atoms with E-state index < -0.39 is 5.95 Å². The van der Waals surface area contributed by atoms with Crippen LogP contribution in [0.3, 0.4) is 0 Å². The third-order valence-corrected chi connectivity index (χ3v) is 4.59. The van der Waals surface area contributed by atoms with Gasteiger partial charge in [-0.05, 0) is 19.1 Å². The van der Waals surface area contributed by atoms with Gasteiger partial charge in [0.15, 0.2) is 5.82 Å². The van der Waals surface area contributed by atoms with Crippen LogP contribution >= 0.6 is 0 Å². The Hall–Kier alpha value is -3.09. The van der Waals surface area contributed by atoms with Crippen molar-refractivity contribution in [1.82, 2.24) is 19.9 Å². The van der Waals surface area contributed by atoms with Gasteiger partial charge >= 0.3 is 0 Å². The fourth-order valence-electron chi connectivity index (χ4n) is 3.22. The van der Waals surface area contributed by atoms with Gasteiger partial charge in [0, 0.05) is 43.1 Å². The van der Waals surface area contributed by atoms with Crippen molar-refractivity contribution in [1.29, 1.82) is 0 Å². The van der Waals surface area contributed by atoms with Crippen molar-refractivity contribution in [3.8, 4) is 17.3 Å². The summed E-state index contributed by atoms with van der Waals surface area (Å²) in [7, 11) is 1.51. The molecule has 0 aromatic carbocycles. The van der Waals surface area contributed by atoms with Crippen LogP contribution in [0.1, 0.15) is 24.2 Å². The van der Waals surface area contributed by atoms with E-state index in [9.17, 15) is 4.39 Å². The first-order valence-electron chi connectivity index (χ1n) is 8.41. The Balaban J connectivity index is 1.67. The van der Waals surface area contributed by atoms with Gasteiger partial charge in [-0.3, -0.25) is 4.98 Å². The molecule has 0 N–H and O–H groups in total. The number of nitrogens with zero attached hydrogens (tertiary/aromatic N) is 5. The van der Waals surface area contributed by atoms with Gasteiger partial charge in [0.05, 0.1) is 18.8 Å². The third kappa shape index (κ3) is 2.96. The van der Waals surface area contributed by atoms with Crippen LogP contribution in [0.15, 0.2) is 42.7 Å². The quantitative estimate of drug-likeness (QED) is 0.675. The van der Waals surface area contributed by atoms with Gasteiger partial charge < -0.3 is 9.64 Å². The molecule has 0 saturated carbocycles. The van der Waals surface area contributed by atoms with Gasteiger partial charge in [-0.2, -0.15) is 4.39 Å². The van der Waals surface area contributed by atoms with Crippen molar-refractivity contribution >= 4 is 5.82 Å². The van der Waals surface area contributed by atoms with Gasteiger partial charge in [0.25, 0.3) is 0 Å². The van der Waals surface area contributed by atoms with Crippen LogP contribution in [0, 0.1) is 5.95 Å². The minimum absolute atomic E-state index is 0.0180. The Morgan fingerprint density at radius 3 is 2.85 bits per heavy atom. The Morgan fingerprint density at radius 1 is 1.19 bits per heavy atom. The second-order valence-electron chi connectivity index (χ2n) is 6.12. The first-order valence-corrected chi connectivity index (χ1v) is 8.41. The molecule has 6 nitrogen and oxygen atoms in total. The minimum atomic E-state index is -0.556. The SMILES string of the molecule is COc1cc(F)nc(N2CCc3nc(-c4ccccn4)ncc3C2C)c1. The number of methoxy groups -OCH3 is 1. The molecule has 0 fully saturated rings. The van der Waals surface area contributed by atoms with Crippen LogP contribution in [0.25, 0.3) is 11.5 Å². The van der Waals surface area contributed by atoms with Crippen LogP contribution in [-0.2, 0) is 6.42 Å². The number of halogens is 1. The molecule has 7 heteroatoms. The zero-order valence-corrected chi connectivity index (χ0v) is 14.6. The molecule has 1 unspecified atom stereocenters. The highest BCUT2D eigenvalue weighted by Crippen LogP contribution is 2.33. The summed E-state index contributed by atoms with van der Waals surface area (Å²) in [5.74, 6) is 1.07. The summed E-state index contributed by atoms with van der Waals surface area (Å²) < 4.78 is 18.9. The summed E-state index contributed by atoms with van der Waals surface area (Å²) in [5.41, 5.74) is 2.76. The van der Waals surface area contributed by atoms with E-state index in [2.05, 4.69) is 15.0 Å². The Labute approximate surface area is 150 Å². The molecule has 0 amide bonds. The fraction of sp³-hybridized carbons (Fsp3) is 0.263. The monoisotopic (exact) mass is 351 g/mol. The largest absolute Gasteiger partial charge is 0.496 e. The minimum Gasteiger partial charge on any atom is -0.496 e. The average Bonchev–Trinajstić information content (AvgIpc) is 2.68. The number of pyridine rings is 2. The molecule has 3 aromatic rings. The first kappa shape index (κ1) is 16.4. The topological polar surface area (TPSA) is 64.0 Å². The van der Waals surface area contributed by atoms with Crippen molar-refractivity contribution in [3.05, 3.63) is 59.9 Å². The molecule has 0 radical (unpaired) electrons. The van der Waals surface area contributed by atoms with Crippen LogP contribution in [0.4, 0.5) is 10.2 Å². The maximum absolute atomic E-state index is 13.8. The van der Waals surface area contributed by atoms with Gasteiger partial charge in [-0.25, -0.2) is 15.0 Å².